The van der Waals surface area contributed by atoms with Crippen LogP contribution in [0.15, 0.2) is 41.3 Å². The summed E-state index contributed by atoms with van der Waals surface area (Å²) in [5, 5.41) is 18.4. The van der Waals surface area contributed by atoms with E-state index in [-0.39, 0.29) is 36.7 Å². The van der Waals surface area contributed by atoms with E-state index in [1.165, 1.54) is 35.6 Å². The van der Waals surface area contributed by atoms with Gasteiger partial charge in [-0.3, -0.25) is 9.69 Å². The maximum atomic E-state index is 13.8. The maximum absolute atomic E-state index is 13.8. The number of benzene rings is 2. The van der Waals surface area contributed by atoms with E-state index in [1.54, 1.807) is 12.0 Å². The van der Waals surface area contributed by atoms with Crippen LogP contribution in [-0.2, 0) is 10.0 Å². The van der Waals surface area contributed by atoms with Crippen LogP contribution in [0.1, 0.15) is 42.6 Å². The predicted octanol–water partition coefficient (Wildman–Crippen LogP) is 4.42. The van der Waals surface area contributed by atoms with Gasteiger partial charge in [-0.2, -0.15) is 14.8 Å². The lowest BCUT2D eigenvalue weighted by atomic mass is 10.2. The molecular weight excluding hydrogens is 548 g/mol. The first-order chi connectivity index (χ1) is 19.2. The van der Waals surface area contributed by atoms with Gasteiger partial charge in [0, 0.05) is 44.6 Å². The molecule has 12 heteroatoms. The Labute approximate surface area is 240 Å². The lowest BCUT2D eigenvalue weighted by Crippen LogP contribution is -2.39. The number of anilines is 1. The molecule has 0 atom stereocenters. The van der Waals surface area contributed by atoms with Gasteiger partial charge in [0.2, 0.25) is 10.0 Å². The summed E-state index contributed by atoms with van der Waals surface area (Å²) in [5.74, 6) is 0.337. The molecule has 0 radical (unpaired) electrons. The van der Waals surface area contributed by atoms with Gasteiger partial charge in [-0.15, -0.1) is 0 Å². The number of amides is 1. The van der Waals surface area contributed by atoms with Crippen LogP contribution < -0.4 is 9.64 Å². The van der Waals surface area contributed by atoms with Gasteiger partial charge in [-0.25, -0.2) is 13.4 Å². The summed E-state index contributed by atoms with van der Waals surface area (Å²) in [5.41, 5.74) is 2.05. The number of sulfonamides is 1. The van der Waals surface area contributed by atoms with Gasteiger partial charge < -0.3 is 9.64 Å². The number of fused-ring (bicyclic) bond motifs is 1. The Balaban J connectivity index is 1.97. The van der Waals surface area contributed by atoms with Crippen molar-refractivity contribution in [2.75, 3.05) is 51.3 Å². The minimum atomic E-state index is -3.94. The number of hydrogen-bond donors (Lipinski definition) is 0. The summed E-state index contributed by atoms with van der Waals surface area (Å²) in [6.07, 6.45) is 0.0182. The number of methoxy groups -OCH3 is 1. The Morgan fingerprint density at radius 3 is 2.15 bits per heavy atom. The van der Waals surface area contributed by atoms with Crippen LogP contribution >= 0.6 is 11.3 Å². The van der Waals surface area contributed by atoms with Gasteiger partial charge in [0.15, 0.2) is 5.13 Å². The van der Waals surface area contributed by atoms with Crippen molar-refractivity contribution in [3.63, 3.8) is 0 Å². The molecule has 3 aromatic rings. The van der Waals surface area contributed by atoms with Crippen molar-refractivity contribution < 1.29 is 17.9 Å². The normalized spacial score (nSPS) is 11.5. The summed E-state index contributed by atoms with van der Waals surface area (Å²) < 4.78 is 34.0. The third kappa shape index (κ3) is 6.95. The van der Waals surface area contributed by atoms with Crippen LogP contribution in [0.5, 0.6) is 5.75 Å². The van der Waals surface area contributed by atoms with Crippen LogP contribution in [-0.4, -0.2) is 74.9 Å². The van der Waals surface area contributed by atoms with Gasteiger partial charge in [-0.1, -0.05) is 31.3 Å². The van der Waals surface area contributed by atoms with Crippen molar-refractivity contribution in [1.82, 2.24) is 14.2 Å². The van der Waals surface area contributed by atoms with E-state index >= 15 is 0 Å². The highest BCUT2D eigenvalue weighted by atomic mass is 32.2. The summed E-state index contributed by atoms with van der Waals surface area (Å²) in [4.78, 5) is 22.5. The number of rotatable bonds is 14. The first-order valence-electron chi connectivity index (χ1n) is 13.0. The Bertz CT molecular complexity index is 1480. The fourth-order valence-corrected chi connectivity index (χ4v) is 6.74. The zero-order valence-electron chi connectivity index (χ0n) is 23.3. The fraction of sp³-hybridized carbons (Fsp3) is 0.429. The average molecular weight is 583 g/mol. The number of likely N-dealkylation sites (N-methyl/N-ethyl adjacent to an activating group) is 1. The summed E-state index contributed by atoms with van der Waals surface area (Å²) >= 11 is 1.42. The van der Waals surface area contributed by atoms with Gasteiger partial charge in [0.05, 0.1) is 28.8 Å². The highest BCUT2D eigenvalue weighted by Gasteiger charge is 2.26. The molecule has 0 fully saturated rings. The highest BCUT2D eigenvalue weighted by Crippen LogP contribution is 2.37. The quantitative estimate of drug-likeness (QED) is 0.273. The minimum Gasteiger partial charge on any atom is -0.494 e. The smallest absolute Gasteiger partial charge is 0.260 e. The number of aromatic nitrogens is 1. The monoisotopic (exact) mass is 582 g/mol. The van der Waals surface area contributed by atoms with Gasteiger partial charge in [0.1, 0.15) is 11.3 Å². The maximum Gasteiger partial charge on any atom is 0.260 e. The van der Waals surface area contributed by atoms with Crippen LogP contribution in [0.25, 0.3) is 10.2 Å². The average Bonchev–Trinajstić information content (AvgIpc) is 3.41. The Morgan fingerprint density at radius 2 is 1.60 bits per heavy atom. The molecule has 212 valence electrons. The van der Waals surface area contributed by atoms with Crippen molar-refractivity contribution in [3.05, 3.63) is 47.5 Å². The number of carbonyl (C=O) groups is 1. The van der Waals surface area contributed by atoms with Crippen LogP contribution in [0, 0.1) is 29.6 Å². The number of hydrogen-bond acceptors (Lipinski definition) is 9. The molecule has 3 rings (SSSR count). The predicted molar refractivity (Wildman–Crippen MR) is 156 cm³/mol. The molecule has 0 unspecified atom stereocenters. The molecule has 1 heterocycles. The SMILES string of the molecule is CCN(CC)CCN(C(=O)c1ccc(S(=O)(=O)N(CCC#N)CCC#N)cc1)c1nc2c(OC)ccc(C)c2s1. The third-order valence-corrected chi connectivity index (χ3v) is 9.73. The summed E-state index contributed by atoms with van der Waals surface area (Å²) in [6.45, 7) is 8.82. The molecular formula is C28H34N6O4S2. The zero-order chi connectivity index (χ0) is 29.3. The molecule has 0 aliphatic rings. The first kappa shape index (κ1) is 31.0. The van der Waals surface area contributed by atoms with E-state index in [4.69, 9.17) is 20.2 Å². The molecule has 0 spiro atoms. The Morgan fingerprint density at radius 1 is 0.975 bits per heavy atom. The fourth-order valence-electron chi connectivity index (χ4n) is 4.22. The van der Waals surface area contributed by atoms with Gasteiger partial charge in [0.25, 0.3) is 5.91 Å². The Kier molecular flexibility index (Phi) is 11.0. The van der Waals surface area contributed by atoms with E-state index in [2.05, 4.69) is 18.7 Å². The molecule has 10 nitrogen and oxygen atoms in total. The van der Waals surface area contributed by atoms with E-state index < -0.39 is 10.0 Å². The Hall–Kier alpha value is -3.55. The van der Waals surface area contributed by atoms with Crippen molar-refractivity contribution in [2.45, 2.75) is 38.5 Å². The molecule has 1 amide bonds. The van der Waals surface area contributed by atoms with Gasteiger partial charge >= 0.3 is 0 Å². The number of nitrogens with zero attached hydrogens (tertiary/aromatic N) is 6. The molecule has 0 bridgehead atoms. The van der Waals surface area contributed by atoms with E-state index in [1.807, 2.05) is 31.2 Å². The zero-order valence-corrected chi connectivity index (χ0v) is 24.9. The molecule has 0 aliphatic heterocycles. The second kappa shape index (κ2) is 14.2. The molecule has 0 N–H and O–H groups in total. The van der Waals surface area contributed by atoms with Crippen molar-refractivity contribution >= 4 is 42.6 Å². The second-order valence-electron chi connectivity index (χ2n) is 8.99. The molecule has 40 heavy (non-hydrogen) atoms. The molecule has 1 aromatic heterocycles. The topological polar surface area (TPSA) is 131 Å². The molecule has 0 saturated heterocycles. The van der Waals surface area contributed by atoms with E-state index in [0.29, 0.717) is 35.1 Å². The summed E-state index contributed by atoms with van der Waals surface area (Å²) in [7, 11) is -2.36. The minimum absolute atomic E-state index is 0.00466. The van der Waals surface area contributed by atoms with Crippen LogP contribution in [0.3, 0.4) is 0 Å². The summed E-state index contributed by atoms with van der Waals surface area (Å²) in [6, 6.07) is 13.5. The molecule has 0 saturated carbocycles. The number of nitriles is 2. The largest absolute Gasteiger partial charge is 0.494 e. The second-order valence-corrected chi connectivity index (χ2v) is 11.9. The van der Waals surface area contributed by atoms with Crippen LogP contribution in [0.2, 0.25) is 0 Å². The number of carbonyl (C=O) groups excluding carboxylic acids is 1. The number of thiazole rings is 1. The molecule has 0 aliphatic carbocycles. The molecule has 2 aromatic carbocycles. The third-order valence-electron chi connectivity index (χ3n) is 6.61. The lowest BCUT2D eigenvalue weighted by Gasteiger charge is -2.25. The lowest BCUT2D eigenvalue weighted by molar-refractivity contribution is 0.0983. The number of ether oxygens (including phenoxy) is 1. The van der Waals surface area contributed by atoms with Crippen molar-refractivity contribution in [3.8, 4) is 17.9 Å². The van der Waals surface area contributed by atoms with Crippen molar-refractivity contribution in [1.29, 1.82) is 10.5 Å². The van der Waals surface area contributed by atoms with Crippen LogP contribution in [0.4, 0.5) is 5.13 Å². The first-order valence-corrected chi connectivity index (χ1v) is 15.3. The van der Waals surface area contributed by atoms with E-state index in [9.17, 15) is 13.2 Å². The van der Waals surface area contributed by atoms with Crippen molar-refractivity contribution in [2.24, 2.45) is 0 Å². The van der Waals surface area contributed by atoms with Gasteiger partial charge in [-0.05, 0) is 55.9 Å². The van der Waals surface area contributed by atoms with E-state index in [0.717, 1.165) is 27.7 Å². The standard InChI is InChI=1S/C28H34N6O4S2/c1-5-32(6-2)19-20-34(28-31-25-24(38-4)14-9-21(3)26(25)39-28)27(35)22-10-12-23(13-11-22)40(36,37)33(17-7-15-29)18-8-16-30/h9-14H,5-8,17-20H2,1-4H3. The highest BCUT2D eigenvalue weighted by molar-refractivity contribution is 7.89. The number of aryl methyl sites for hydroxylation is 1.